The van der Waals surface area contributed by atoms with Crippen molar-refractivity contribution >= 4 is 12.1 Å². The number of rotatable bonds is 11. The van der Waals surface area contributed by atoms with Crippen molar-refractivity contribution in [2.75, 3.05) is 41.0 Å². The van der Waals surface area contributed by atoms with Crippen molar-refractivity contribution in [3.05, 3.63) is 83.2 Å². The molecule has 0 bridgehead atoms. The van der Waals surface area contributed by atoms with Gasteiger partial charge in [0.15, 0.2) is 12.8 Å². The molecule has 3 atom stereocenters. The molecule has 0 N–H and O–H groups in total. The highest BCUT2D eigenvalue weighted by atomic mass is 19.1. The van der Waals surface area contributed by atoms with E-state index in [1.54, 1.807) is 50.1 Å². The van der Waals surface area contributed by atoms with Crippen LogP contribution in [0.2, 0.25) is 0 Å². The Hall–Kier alpha value is -3.53. The maximum Gasteiger partial charge on any atom is 0.405 e. The fourth-order valence-corrected chi connectivity index (χ4v) is 5.82. The number of halogens is 2. The minimum Gasteiger partial charge on any atom is -0.497 e. The summed E-state index contributed by atoms with van der Waals surface area (Å²) in [5.74, 6) is 0.0524. The molecule has 1 aromatic heterocycles. The molecule has 3 unspecified atom stereocenters. The van der Waals surface area contributed by atoms with Gasteiger partial charge in [0.2, 0.25) is 0 Å². The number of aromatic nitrogens is 1. The van der Waals surface area contributed by atoms with Crippen molar-refractivity contribution < 1.29 is 27.6 Å². The summed E-state index contributed by atoms with van der Waals surface area (Å²) >= 11 is 0. The number of hydrogen-bond acceptors (Lipinski definition) is 6. The molecule has 9 heteroatoms. The molecule has 1 amide bonds. The lowest BCUT2D eigenvalue weighted by Gasteiger charge is -2.44. The number of aryl methyl sites for hydroxylation is 1. The SMILES string of the molecule is C.CC.CC.COCCC(c1nccc(C)c1F)N1CC(C)N(C)C(C(=O)[N+](=CC(C)C)Cc2ccc(-c3cc(OC)ccc3F)cc2)C1. The van der Waals surface area contributed by atoms with Crippen LogP contribution in [-0.2, 0) is 16.1 Å². The summed E-state index contributed by atoms with van der Waals surface area (Å²) in [4.78, 5) is 23.0. The lowest BCUT2D eigenvalue weighted by Crippen LogP contribution is -2.61. The third-order valence-electron chi connectivity index (χ3n) is 8.39. The average Bonchev–Trinajstić information content (AvgIpc) is 3.09. The van der Waals surface area contributed by atoms with E-state index in [4.69, 9.17) is 9.47 Å². The Balaban J connectivity index is 0.00000231. The van der Waals surface area contributed by atoms with E-state index in [0.717, 1.165) is 11.1 Å². The first kappa shape index (κ1) is 43.5. The zero-order valence-electron chi connectivity index (χ0n) is 30.9. The van der Waals surface area contributed by atoms with Crippen LogP contribution in [0.15, 0.2) is 54.7 Å². The number of ether oxygens (including phenoxy) is 2. The number of nitrogens with zero attached hydrogens (tertiary/aromatic N) is 4. The van der Waals surface area contributed by atoms with Gasteiger partial charge in [-0.1, -0.05) is 73.2 Å². The average molecular weight is 684 g/mol. The van der Waals surface area contributed by atoms with Crippen LogP contribution in [0.3, 0.4) is 0 Å². The first-order valence-electron chi connectivity index (χ1n) is 17.2. The van der Waals surface area contributed by atoms with Gasteiger partial charge >= 0.3 is 5.91 Å². The van der Waals surface area contributed by atoms with E-state index in [0.29, 0.717) is 55.2 Å². The van der Waals surface area contributed by atoms with Gasteiger partial charge in [-0.05, 0) is 62.7 Å². The van der Waals surface area contributed by atoms with Gasteiger partial charge in [0.05, 0.1) is 18.8 Å². The van der Waals surface area contributed by atoms with E-state index >= 15 is 4.39 Å². The summed E-state index contributed by atoms with van der Waals surface area (Å²) in [6, 6.07) is 13.2. The molecular formula is C40H61F2N4O3+. The number of carbonyl (C=O) groups excluding carboxylic acids is 1. The molecule has 0 saturated carbocycles. The van der Waals surface area contributed by atoms with Gasteiger partial charge in [0, 0.05) is 56.1 Å². The molecule has 49 heavy (non-hydrogen) atoms. The number of hydrogen-bond donors (Lipinski definition) is 0. The van der Waals surface area contributed by atoms with Gasteiger partial charge in [-0.3, -0.25) is 14.8 Å². The van der Waals surface area contributed by atoms with Gasteiger partial charge in [-0.25, -0.2) is 13.6 Å². The van der Waals surface area contributed by atoms with E-state index in [-0.39, 0.29) is 43.0 Å². The summed E-state index contributed by atoms with van der Waals surface area (Å²) in [6.45, 7) is 17.8. The van der Waals surface area contributed by atoms with Crippen molar-refractivity contribution in [2.24, 2.45) is 5.92 Å². The molecule has 2 aromatic carbocycles. The number of piperazine rings is 1. The maximum atomic E-state index is 15.3. The first-order chi connectivity index (χ1) is 23.0. The van der Waals surface area contributed by atoms with Gasteiger partial charge in [-0.15, -0.1) is 0 Å². The second-order valence-corrected chi connectivity index (χ2v) is 12.0. The third kappa shape index (κ3) is 11.5. The fraction of sp³-hybridized carbons (Fsp3) is 0.525. The molecule has 1 aliphatic rings. The highest BCUT2D eigenvalue weighted by Gasteiger charge is 2.42. The van der Waals surface area contributed by atoms with Crippen LogP contribution in [0.5, 0.6) is 5.75 Å². The minimum absolute atomic E-state index is 0. The Kier molecular flexibility index (Phi) is 19.1. The number of benzene rings is 2. The van der Waals surface area contributed by atoms with E-state index in [1.807, 2.05) is 79.1 Å². The van der Waals surface area contributed by atoms with Crippen molar-refractivity contribution in [3.8, 4) is 16.9 Å². The van der Waals surface area contributed by atoms with Crippen LogP contribution in [0.1, 0.15) is 85.2 Å². The van der Waals surface area contributed by atoms with Gasteiger partial charge < -0.3 is 9.47 Å². The van der Waals surface area contributed by atoms with Gasteiger partial charge in [0.25, 0.3) is 0 Å². The number of likely N-dealkylation sites (N-methyl/N-ethyl adjacent to an activating group) is 1. The quantitative estimate of drug-likeness (QED) is 0.149. The summed E-state index contributed by atoms with van der Waals surface area (Å²) < 4.78 is 42.4. The molecule has 0 radical (unpaired) electrons. The van der Waals surface area contributed by atoms with Crippen LogP contribution >= 0.6 is 0 Å². The number of amides is 1. The zero-order chi connectivity index (χ0) is 36.0. The lowest BCUT2D eigenvalue weighted by molar-refractivity contribution is -0.466. The van der Waals surface area contributed by atoms with Crippen molar-refractivity contribution in [2.45, 2.75) is 93.9 Å². The second-order valence-electron chi connectivity index (χ2n) is 12.0. The topological polar surface area (TPSA) is 57.9 Å². The molecule has 2 heterocycles. The smallest absolute Gasteiger partial charge is 0.405 e. The molecule has 1 saturated heterocycles. The Labute approximate surface area is 295 Å². The van der Waals surface area contributed by atoms with Crippen LogP contribution in [0.25, 0.3) is 11.1 Å². The van der Waals surface area contributed by atoms with Gasteiger partial charge in [0.1, 0.15) is 23.4 Å². The van der Waals surface area contributed by atoms with Crippen LogP contribution in [0, 0.1) is 24.5 Å². The molecule has 1 fully saturated rings. The normalized spacial score (nSPS) is 17.2. The van der Waals surface area contributed by atoms with Gasteiger partial charge in [-0.2, -0.15) is 4.58 Å². The number of carbonyl (C=O) groups is 1. The molecule has 1 aliphatic heterocycles. The fourth-order valence-electron chi connectivity index (χ4n) is 5.82. The third-order valence-corrected chi connectivity index (χ3v) is 8.39. The van der Waals surface area contributed by atoms with E-state index in [1.165, 1.54) is 6.07 Å². The van der Waals surface area contributed by atoms with Crippen LogP contribution in [0.4, 0.5) is 8.78 Å². The lowest BCUT2D eigenvalue weighted by atomic mass is 9.99. The molecule has 0 spiro atoms. The zero-order valence-corrected chi connectivity index (χ0v) is 30.9. The van der Waals surface area contributed by atoms with Crippen LogP contribution < -0.4 is 4.74 Å². The molecule has 7 nitrogen and oxygen atoms in total. The monoisotopic (exact) mass is 683 g/mol. The predicted octanol–water partition coefficient (Wildman–Crippen LogP) is 8.58. The Morgan fingerprint density at radius 2 is 1.69 bits per heavy atom. The summed E-state index contributed by atoms with van der Waals surface area (Å²) in [7, 11) is 5.17. The van der Waals surface area contributed by atoms with E-state index in [9.17, 15) is 9.18 Å². The molecule has 4 rings (SSSR count). The maximum absolute atomic E-state index is 15.3. The highest BCUT2D eigenvalue weighted by molar-refractivity contribution is 5.78. The first-order valence-corrected chi connectivity index (χ1v) is 17.2. The van der Waals surface area contributed by atoms with Crippen molar-refractivity contribution in [1.29, 1.82) is 0 Å². The Morgan fingerprint density at radius 3 is 2.29 bits per heavy atom. The van der Waals surface area contributed by atoms with E-state index in [2.05, 4.69) is 21.7 Å². The number of methoxy groups -OCH3 is 2. The van der Waals surface area contributed by atoms with Crippen LogP contribution in [-0.4, -0.2) is 84.5 Å². The van der Waals surface area contributed by atoms with Crippen molar-refractivity contribution in [3.63, 3.8) is 0 Å². The molecular weight excluding hydrogens is 622 g/mol. The second kappa shape index (κ2) is 21.5. The molecule has 3 aromatic rings. The predicted molar refractivity (Wildman–Crippen MR) is 198 cm³/mol. The summed E-state index contributed by atoms with van der Waals surface area (Å²) in [5.41, 5.74) is 3.05. The standard InChI is InChI=1S/C35H45F2N4O3.2C2H6.CH4/c1-23(2)19-41(21-26-8-10-27(11-9-26)29-18-28(44-7)12-13-30(29)36)35(42)32-22-40(20-25(4)39(32)5)31(15-17-43-6)34-33(37)24(3)14-16-38-34;2*1-2;/h8-14,16,18-19,23,25,31-32H,15,17,20-22H2,1-7H3;2*1-2H3;1H4/q+1;;;. The largest absolute Gasteiger partial charge is 0.497 e. The molecule has 0 aliphatic carbocycles. The summed E-state index contributed by atoms with van der Waals surface area (Å²) in [6.07, 6.45) is 4.16. The highest BCUT2D eigenvalue weighted by Crippen LogP contribution is 2.31. The molecule has 272 valence electrons. The van der Waals surface area contributed by atoms with E-state index < -0.39 is 6.04 Å². The number of pyridine rings is 1. The van der Waals surface area contributed by atoms with Crippen molar-refractivity contribution in [1.82, 2.24) is 14.8 Å². The summed E-state index contributed by atoms with van der Waals surface area (Å²) in [5, 5.41) is 0. The Bertz CT molecular complexity index is 1460. The Morgan fingerprint density at radius 1 is 1.04 bits per heavy atom. The minimum atomic E-state index is -0.447.